The van der Waals surface area contributed by atoms with E-state index in [1.54, 1.807) is 22.7 Å². The van der Waals surface area contributed by atoms with Crippen LogP contribution in [0.25, 0.3) is 9.88 Å². The van der Waals surface area contributed by atoms with Gasteiger partial charge in [-0.1, -0.05) is 13.3 Å². The molecule has 0 saturated heterocycles. The fourth-order valence-corrected chi connectivity index (χ4v) is 3.58. The Morgan fingerprint density at radius 2 is 2.21 bits per heavy atom. The maximum Gasteiger partial charge on any atom is 0.133 e. The maximum atomic E-state index is 4.59. The lowest BCUT2D eigenvalue weighted by Crippen LogP contribution is -1.81. The fraction of sp³-hybridized carbons (Fsp3) is 0.300. The van der Waals surface area contributed by atoms with Crippen molar-refractivity contribution in [2.75, 3.05) is 0 Å². The molecule has 0 aliphatic heterocycles. The van der Waals surface area contributed by atoms with Crippen molar-refractivity contribution in [1.82, 2.24) is 4.98 Å². The Kier molecular flexibility index (Phi) is 3.36. The quantitative estimate of drug-likeness (QED) is 0.805. The minimum Gasteiger partial charge on any atom is -0.240 e. The van der Waals surface area contributed by atoms with Gasteiger partial charge in [0.2, 0.25) is 0 Å². The molecule has 74 valence electrons. The van der Waals surface area contributed by atoms with Crippen molar-refractivity contribution in [3.05, 3.63) is 27.0 Å². The van der Waals surface area contributed by atoms with Gasteiger partial charge in [0.1, 0.15) is 5.01 Å². The number of hydrogen-bond acceptors (Lipinski definition) is 3. The molecule has 1 nitrogen and oxygen atoms in total. The van der Waals surface area contributed by atoms with Gasteiger partial charge < -0.3 is 0 Å². The zero-order valence-electron chi connectivity index (χ0n) is 7.79. The number of rotatable bonds is 3. The number of aromatic nitrogens is 1. The third kappa shape index (κ3) is 2.24. The van der Waals surface area contributed by atoms with E-state index in [1.807, 2.05) is 0 Å². The van der Waals surface area contributed by atoms with Crippen molar-refractivity contribution in [2.24, 2.45) is 0 Å². The average Bonchev–Trinajstić information content (AvgIpc) is 2.74. The second kappa shape index (κ2) is 4.55. The molecule has 2 aromatic heterocycles. The summed E-state index contributed by atoms with van der Waals surface area (Å²) in [6.07, 6.45) is 2.25. The number of thiophene rings is 1. The lowest BCUT2D eigenvalue weighted by atomic mass is 10.3. The molecule has 0 atom stereocenters. The molecule has 0 spiro atoms. The van der Waals surface area contributed by atoms with Crippen LogP contribution in [0.5, 0.6) is 0 Å². The number of aryl methyl sites for hydroxylation is 1. The highest BCUT2D eigenvalue weighted by molar-refractivity contribution is 9.10. The zero-order chi connectivity index (χ0) is 9.97. The largest absolute Gasteiger partial charge is 0.240 e. The zero-order valence-corrected chi connectivity index (χ0v) is 11.0. The van der Waals surface area contributed by atoms with Crippen LogP contribution in [0.2, 0.25) is 0 Å². The van der Waals surface area contributed by atoms with Crippen molar-refractivity contribution in [3.8, 4) is 9.88 Å². The number of thiazole rings is 1. The van der Waals surface area contributed by atoms with Crippen LogP contribution >= 0.6 is 38.6 Å². The van der Waals surface area contributed by atoms with Crippen LogP contribution in [0.1, 0.15) is 19.0 Å². The van der Waals surface area contributed by atoms with Gasteiger partial charge in [-0.2, -0.15) is 0 Å². The molecule has 2 heterocycles. The summed E-state index contributed by atoms with van der Waals surface area (Å²) in [6, 6.07) is 2.12. The minimum absolute atomic E-state index is 1.09. The Bertz CT molecular complexity index is 419. The molecule has 0 radical (unpaired) electrons. The first kappa shape index (κ1) is 10.3. The molecule has 2 rings (SSSR count). The number of halogens is 1. The molecular weight excluding hydrogens is 278 g/mol. The predicted molar refractivity (Wildman–Crippen MR) is 67.1 cm³/mol. The second-order valence-electron chi connectivity index (χ2n) is 3.02. The summed E-state index contributed by atoms with van der Waals surface area (Å²) in [5.74, 6) is 0. The van der Waals surface area contributed by atoms with E-state index >= 15 is 0 Å². The van der Waals surface area contributed by atoms with Crippen LogP contribution in [0, 0.1) is 0 Å². The van der Waals surface area contributed by atoms with E-state index in [9.17, 15) is 0 Å². The standard InChI is InChI=1S/C10H10BrNS2/c1-2-3-8-6-14-10(12-8)9-4-7(11)5-13-9/h4-6H,2-3H2,1H3. The maximum absolute atomic E-state index is 4.59. The molecule has 14 heavy (non-hydrogen) atoms. The third-order valence-electron chi connectivity index (χ3n) is 1.84. The van der Waals surface area contributed by atoms with Gasteiger partial charge in [-0.15, -0.1) is 22.7 Å². The van der Waals surface area contributed by atoms with Gasteiger partial charge in [0.15, 0.2) is 0 Å². The van der Waals surface area contributed by atoms with E-state index in [4.69, 9.17) is 0 Å². The topological polar surface area (TPSA) is 12.9 Å². The highest BCUT2D eigenvalue weighted by atomic mass is 79.9. The molecule has 4 heteroatoms. The van der Waals surface area contributed by atoms with Gasteiger partial charge >= 0.3 is 0 Å². The van der Waals surface area contributed by atoms with Gasteiger partial charge in [0.25, 0.3) is 0 Å². The van der Waals surface area contributed by atoms with Gasteiger partial charge in [-0.3, -0.25) is 0 Å². The van der Waals surface area contributed by atoms with E-state index in [-0.39, 0.29) is 0 Å². The molecule has 0 aromatic carbocycles. The van der Waals surface area contributed by atoms with E-state index in [0.29, 0.717) is 0 Å². The molecule has 0 N–H and O–H groups in total. The highest BCUT2D eigenvalue weighted by Crippen LogP contribution is 2.32. The van der Waals surface area contributed by atoms with E-state index in [2.05, 4.69) is 44.7 Å². The lowest BCUT2D eigenvalue weighted by Gasteiger charge is -1.89. The van der Waals surface area contributed by atoms with Crippen LogP contribution < -0.4 is 0 Å². The monoisotopic (exact) mass is 287 g/mol. The van der Waals surface area contributed by atoms with E-state index < -0.39 is 0 Å². The van der Waals surface area contributed by atoms with Crippen molar-refractivity contribution in [3.63, 3.8) is 0 Å². The van der Waals surface area contributed by atoms with Crippen LogP contribution in [-0.2, 0) is 6.42 Å². The molecule has 0 fully saturated rings. The van der Waals surface area contributed by atoms with E-state index in [1.165, 1.54) is 10.6 Å². The van der Waals surface area contributed by atoms with Crippen molar-refractivity contribution < 1.29 is 0 Å². The van der Waals surface area contributed by atoms with Gasteiger partial charge in [-0.05, 0) is 28.4 Å². The first-order valence-electron chi connectivity index (χ1n) is 4.48. The normalized spacial score (nSPS) is 10.7. The Morgan fingerprint density at radius 3 is 2.86 bits per heavy atom. The van der Waals surface area contributed by atoms with Crippen molar-refractivity contribution >= 4 is 38.6 Å². The van der Waals surface area contributed by atoms with Crippen LogP contribution in [-0.4, -0.2) is 4.98 Å². The number of hydrogen-bond donors (Lipinski definition) is 0. The first-order valence-corrected chi connectivity index (χ1v) is 7.03. The molecule has 0 aliphatic carbocycles. The van der Waals surface area contributed by atoms with Crippen LogP contribution in [0.4, 0.5) is 0 Å². The predicted octanol–water partition coefficient (Wildman–Crippen LogP) is 4.59. The van der Waals surface area contributed by atoms with Crippen LogP contribution in [0.15, 0.2) is 21.3 Å². The fourth-order valence-electron chi connectivity index (χ4n) is 1.22. The summed E-state index contributed by atoms with van der Waals surface area (Å²) in [5.41, 5.74) is 1.22. The summed E-state index contributed by atoms with van der Waals surface area (Å²) in [6.45, 7) is 2.18. The summed E-state index contributed by atoms with van der Waals surface area (Å²) < 4.78 is 1.14. The Labute approximate surface area is 100.0 Å². The van der Waals surface area contributed by atoms with Gasteiger partial charge in [0.05, 0.1) is 10.6 Å². The minimum atomic E-state index is 1.09. The summed E-state index contributed by atoms with van der Waals surface area (Å²) in [4.78, 5) is 5.85. The molecular formula is C10H10BrNS2. The van der Waals surface area contributed by atoms with Gasteiger partial charge in [0, 0.05) is 15.2 Å². The first-order chi connectivity index (χ1) is 6.79. The second-order valence-corrected chi connectivity index (χ2v) is 5.71. The molecule has 2 aromatic rings. The Morgan fingerprint density at radius 1 is 1.36 bits per heavy atom. The summed E-state index contributed by atoms with van der Waals surface area (Å²) in [5, 5.41) is 5.40. The van der Waals surface area contributed by atoms with E-state index in [0.717, 1.165) is 22.3 Å². The molecule has 0 amide bonds. The molecule has 0 saturated carbocycles. The molecule has 0 unspecified atom stereocenters. The smallest absolute Gasteiger partial charge is 0.133 e. The molecule has 0 aliphatic rings. The number of nitrogens with zero attached hydrogens (tertiary/aromatic N) is 1. The van der Waals surface area contributed by atoms with Crippen molar-refractivity contribution in [1.29, 1.82) is 0 Å². The Hall–Kier alpha value is -0.190. The SMILES string of the molecule is CCCc1csc(-c2cc(Br)cs2)n1. The van der Waals surface area contributed by atoms with Gasteiger partial charge in [-0.25, -0.2) is 4.98 Å². The summed E-state index contributed by atoms with van der Waals surface area (Å²) in [7, 11) is 0. The lowest BCUT2D eigenvalue weighted by molar-refractivity contribution is 0.894. The molecule has 0 bridgehead atoms. The third-order valence-corrected chi connectivity index (χ3v) is 4.59. The van der Waals surface area contributed by atoms with Crippen LogP contribution in [0.3, 0.4) is 0 Å². The Balaban J connectivity index is 2.24. The highest BCUT2D eigenvalue weighted by Gasteiger charge is 2.06. The average molecular weight is 288 g/mol. The van der Waals surface area contributed by atoms with Crippen molar-refractivity contribution in [2.45, 2.75) is 19.8 Å². The summed E-state index contributed by atoms with van der Waals surface area (Å²) >= 11 is 6.92.